The number of hydrogen-bond donors (Lipinski definition) is 0. The van der Waals surface area contributed by atoms with Crippen molar-refractivity contribution in [1.29, 1.82) is 0 Å². The van der Waals surface area contributed by atoms with Gasteiger partial charge in [-0.15, -0.1) is 0 Å². The van der Waals surface area contributed by atoms with E-state index in [4.69, 9.17) is 9.47 Å². The summed E-state index contributed by atoms with van der Waals surface area (Å²) in [5.41, 5.74) is 0.817. The monoisotopic (exact) mass is 414 g/mol. The molecule has 6 heteroatoms. The number of benzene rings is 1. The minimum Gasteiger partial charge on any atom is -0.497 e. The maximum absolute atomic E-state index is 13.8. The van der Waals surface area contributed by atoms with Crippen LogP contribution in [0.25, 0.3) is 0 Å². The first-order valence-corrected chi connectivity index (χ1v) is 11.4. The minimum atomic E-state index is -0.348. The Balaban J connectivity index is 1.57. The van der Waals surface area contributed by atoms with Crippen molar-refractivity contribution in [2.75, 3.05) is 40.0 Å². The maximum Gasteiger partial charge on any atom is 0.245 e. The van der Waals surface area contributed by atoms with Crippen LogP contribution in [0.5, 0.6) is 5.75 Å². The molecule has 164 valence electrons. The lowest BCUT2D eigenvalue weighted by Gasteiger charge is -2.52. The SMILES string of the molecule is COc1ccc(CC(=O)N2CCCC3(CCOCC3)C2C(=O)N2CCCCC2)cc1. The Labute approximate surface area is 179 Å². The maximum atomic E-state index is 13.8. The Bertz CT molecular complexity index is 731. The number of carbonyl (C=O) groups is 2. The second-order valence-electron chi connectivity index (χ2n) is 8.98. The highest BCUT2D eigenvalue weighted by atomic mass is 16.5. The third kappa shape index (κ3) is 4.34. The van der Waals surface area contributed by atoms with Crippen molar-refractivity contribution in [2.24, 2.45) is 5.41 Å². The summed E-state index contributed by atoms with van der Waals surface area (Å²) in [5, 5.41) is 0. The molecule has 0 aromatic heterocycles. The Morgan fingerprint density at radius 3 is 2.37 bits per heavy atom. The molecule has 0 aliphatic carbocycles. The molecule has 30 heavy (non-hydrogen) atoms. The van der Waals surface area contributed by atoms with Crippen LogP contribution in [0.15, 0.2) is 24.3 Å². The molecule has 0 radical (unpaired) electrons. The van der Waals surface area contributed by atoms with E-state index in [2.05, 4.69) is 0 Å². The van der Waals surface area contributed by atoms with Crippen molar-refractivity contribution in [3.63, 3.8) is 0 Å². The zero-order valence-corrected chi connectivity index (χ0v) is 18.1. The van der Waals surface area contributed by atoms with Crippen LogP contribution < -0.4 is 4.74 Å². The molecule has 3 fully saturated rings. The van der Waals surface area contributed by atoms with E-state index in [1.807, 2.05) is 34.1 Å². The van der Waals surface area contributed by atoms with Gasteiger partial charge in [0.25, 0.3) is 0 Å². The number of carbonyl (C=O) groups excluding carboxylic acids is 2. The van der Waals surface area contributed by atoms with E-state index in [1.54, 1.807) is 7.11 Å². The Kier molecular flexibility index (Phi) is 6.61. The predicted octanol–water partition coefficient (Wildman–Crippen LogP) is 3.04. The smallest absolute Gasteiger partial charge is 0.245 e. The van der Waals surface area contributed by atoms with Crippen LogP contribution in [-0.4, -0.2) is 67.6 Å². The molecular weight excluding hydrogens is 380 g/mol. The van der Waals surface area contributed by atoms with Gasteiger partial charge in [-0.05, 0) is 62.6 Å². The highest BCUT2D eigenvalue weighted by Gasteiger charge is 2.51. The molecule has 1 spiro atoms. The fourth-order valence-electron chi connectivity index (χ4n) is 5.47. The molecule has 4 rings (SSSR count). The van der Waals surface area contributed by atoms with Gasteiger partial charge in [-0.2, -0.15) is 0 Å². The van der Waals surface area contributed by atoms with Gasteiger partial charge in [-0.3, -0.25) is 9.59 Å². The van der Waals surface area contributed by atoms with Crippen LogP contribution in [0.1, 0.15) is 50.5 Å². The average molecular weight is 415 g/mol. The fourth-order valence-corrected chi connectivity index (χ4v) is 5.47. The van der Waals surface area contributed by atoms with Gasteiger partial charge in [0.1, 0.15) is 11.8 Å². The van der Waals surface area contributed by atoms with Crippen molar-refractivity contribution in [2.45, 2.75) is 57.4 Å². The molecular formula is C24H34N2O4. The Morgan fingerprint density at radius 2 is 1.70 bits per heavy atom. The molecule has 0 saturated carbocycles. The molecule has 3 aliphatic heterocycles. The lowest BCUT2D eigenvalue weighted by molar-refractivity contribution is -0.161. The van der Waals surface area contributed by atoms with Crippen molar-refractivity contribution in [3.05, 3.63) is 29.8 Å². The van der Waals surface area contributed by atoms with E-state index >= 15 is 0 Å². The first-order valence-electron chi connectivity index (χ1n) is 11.4. The van der Waals surface area contributed by atoms with Gasteiger partial charge in [-0.25, -0.2) is 0 Å². The number of likely N-dealkylation sites (tertiary alicyclic amines) is 2. The van der Waals surface area contributed by atoms with E-state index in [1.165, 1.54) is 6.42 Å². The van der Waals surface area contributed by atoms with Crippen LogP contribution >= 0.6 is 0 Å². The molecule has 3 heterocycles. The third-order valence-corrected chi connectivity index (χ3v) is 7.19. The fraction of sp³-hybridized carbons (Fsp3) is 0.667. The molecule has 6 nitrogen and oxygen atoms in total. The molecule has 0 N–H and O–H groups in total. The van der Waals surface area contributed by atoms with Gasteiger partial charge in [0.05, 0.1) is 13.5 Å². The first-order chi connectivity index (χ1) is 14.6. The van der Waals surface area contributed by atoms with Gasteiger partial charge in [0.2, 0.25) is 11.8 Å². The van der Waals surface area contributed by atoms with Gasteiger partial charge < -0.3 is 19.3 Å². The summed E-state index contributed by atoms with van der Waals surface area (Å²) in [6.07, 6.45) is 7.33. The van der Waals surface area contributed by atoms with E-state index in [9.17, 15) is 9.59 Å². The van der Waals surface area contributed by atoms with Crippen molar-refractivity contribution < 1.29 is 19.1 Å². The van der Waals surface area contributed by atoms with E-state index in [0.717, 1.165) is 62.9 Å². The van der Waals surface area contributed by atoms with Crippen LogP contribution in [0, 0.1) is 5.41 Å². The number of piperidine rings is 2. The lowest BCUT2D eigenvalue weighted by atomic mass is 9.67. The predicted molar refractivity (Wildman–Crippen MR) is 114 cm³/mol. The lowest BCUT2D eigenvalue weighted by Crippen LogP contribution is -2.63. The Morgan fingerprint density at radius 1 is 1.00 bits per heavy atom. The number of rotatable bonds is 4. The highest BCUT2D eigenvalue weighted by molar-refractivity contribution is 5.89. The number of ether oxygens (including phenoxy) is 2. The topological polar surface area (TPSA) is 59.1 Å². The number of amides is 2. The van der Waals surface area contributed by atoms with Crippen LogP contribution in [0.2, 0.25) is 0 Å². The van der Waals surface area contributed by atoms with Crippen molar-refractivity contribution in [3.8, 4) is 5.75 Å². The van der Waals surface area contributed by atoms with E-state index in [0.29, 0.717) is 26.2 Å². The summed E-state index contributed by atoms with van der Waals surface area (Å²) in [6.45, 7) is 3.68. The standard InChI is InChI=1S/C24H34N2O4/c1-29-20-8-6-19(7-9-20)18-21(27)26-15-5-10-24(11-16-30-17-12-24)22(26)23(28)25-13-3-2-4-14-25/h6-9,22H,2-5,10-18H2,1H3. The summed E-state index contributed by atoms with van der Waals surface area (Å²) in [6, 6.07) is 7.29. The summed E-state index contributed by atoms with van der Waals surface area (Å²) in [5.74, 6) is 1.00. The van der Waals surface area contributed by atoms with Crippen LogP contribution in [0.4, 0.5) is 0 Å². The minimum absolute atomic E-state index is 0.0566. The highest BCUT2D eigenvalue weighted by Crippen LogP contribution is 2.45. The molecule has 1 aromatic rings. The second-order valence-corrected chi connectivity index (χ2v) is 8.98. The van der Waals surface area contributed by atoms with Gasteiger partial charge >= 0.3 is 0 Å². The van der Waals surface area contributed by atoms with Gasteiger partial charge in [-0.1, -0.05) is 12.1 Å². The normalized spacial score (nSPS) is 24.0. The average Bonchev–Trinajstić information content (AvgIpc) is 2.80. The third-order valence-electron chi connectivity index (χ3n) is 7.19. The van der Waals surface area contributed by atoms with Gasteiger partial charge in [0, 0.05) is 38.3 Å². The molecule has 1 aromatic carbocycles. The Hall–Kier alpha value is -2.08. The molecule has 0 bridgehead atoms. The summed E-state index contributed by atoms with van der Waals surface area (Å²) in [7, 11) is 1.64. The van der Waals surface area contributed by atoms with E-state index in [-0.39, 0.29) is 23.3 Å². The quantitative estimate of drug-likeness (QED) is 0.760. The summed E-state index contributed by atoms with van der Waals surface area (Å²) >= 11 is 0. The number of hydrogen-bond acceptors (Lipinski definition) is 4. The van der Waals surface area contributed by atoms with Gasteiger partial charge in [0.15, 0.2) is 0 Å². The van der Waals surface area contributed by atoms with Crippen LogP contribution in [-0.2, 0) is 20.7 Å². The number of methoxy groups -OCH3 is 1. The van der Waals surface area contributed by atoms with Crippen molar-refractivity contribution in [1.82, 2.24) is 9.80 Å². The van der Waals surface area contributed by atoms with Crippen molar-refractivity contribution >= 4 is 11.8 Å². The second kappa shape index (κ2) is 9.38. The molecule has 1 unspecified atom stereocenters. The molecule has 3 saturated heterocycles. The zero-order chi connectivity index (χ0) is 21.0. The zero-order valence-electron chi connectivity index (χ0n) is 18.1. The molecule has 2 amide bonds. The largest absolute Gasteiger partial charge is 0.497 e. The number of nitrogens with zero attached hydrogens (tertiary/aromatic N) is 2. The van der Waals surface area contributed by atoms with E-state index < -0.39 is 0 Å². The summed E-state index contributed by atoms with van der Waals surface area (Å²) < 4.78 is 10.9. The first kappa shape index (κ1) is 21.2. The summed E-state index contributed by atoms with van der Waals surface area (Å²) in [4.78, 5) is 31.1. The molecule has 1 atom stereocenters. The molecule has 3 aliphatic rings. The van der Waals surface area contributed by atoms with Crippen LogP contribution in [0.3, 0.4) is 0 Å².